The lowest BCUT2D eigenvalue weighted by molar-refractivity contribution is -0.133. The normalized spacial score (nSPS) is 19.3. The molecule has 0 unspecified atom stereocenters. The zero-order valence-electron chi connectivity index (χ0n) is 18.6. The summed E-state index contributed by atoms with van der Waals surface area (Å²) in [6.45, 7) is 6.48. The van der Waals surface area contributed by atoms with Crippen LogP contribution in [0.15, 0.2) is 35.1 Å². The number of amides is 1. The Hall–Kier alpha value is -2.51. The van der Waals surface area contributed by atoms with E-state index < -0.39 is 0 Å². The number of piperazine rings is 1. The van der Waals surface area contributed by atoms with E-state index in [0.29, 0.717) is 24.6 Å². The maximum absolute atomic E-state index is 12.8. The highest BCUT2D eigenvalue weighted by atomic mass is 32.1. The topological polar surface area (TPSA) is 69.3 Å². The zero-order valence-corrected chi connectivity index (χ0v) is 19.4. The number of thiophene rings is 1. The quantitative estimate of drug-likeness (QED) is 0.647. The third-order valence-corrected chi connectivity index (χ3v) is 7.91. The number of fused-ring (bicyclic) bond motifs is 3. The Labute approximate surface area is 192 Å². The van der Waals surface area contributed by atoms with E-state index >= 15 is 0 Å². The lowest BCUT2D eigenvalue weighted by Gasteiger charge is -2.34. The number of rotatable bonds is 5. The molecule has 32 heavy (non-hydrogen) atoms. The third-order valence-electron chi connectivity index (χ3n) is 6.76. The van der Waals surface area contributed by atoms with E-state index in [1.807, 2.05) is 11.0 Å². The van der Waals surface area contributed by atoms with Gasteiger partial charge in [-0.05, 0) is 36.3 Å². The van der Waals surface area contributed by atoms with Crippen molar-refractivity contribution in [2.45, 2.75) is 45.6 Å². The van der Waals surface area contributed by atoms with Gasteiger partial charge in [-0.2, -0.15) is 0 Å². The first kappa shape index (κ1) is 21.3. The molecular formula is C25H30N4O2S. The highest BCUT2D eigenvalue weighted by Crippen LogP contribution is 2.35. The molecule has 0 radical (unpaired) electrons. The molecular weight excluding hydrogens is 420 g/mol. The van der Waals surface area contributed by atoms with Gasteiger partial charge in [0, 0.05) is 50.4 Å². The molecule has 0 bridgehead atoms. The van der Waals surface area contributed by atoms with Crippen LogP contribution in [0.2, 0.25) is 0 Å². The first-order valence-electron chi connectivity index (χ1n) is 11.6. The van der Waals surface area contributed by atoms with Crippen LogP contribution in [0.4, 0.5) is 0 Å². The number of nitrogens with zero attached hydrogens (tertiary/aromatic N) is 3. The largest absolute Gasteiger partial charge is 0.340 e. The summed E-state index contributed by atoms with van der Waals surface area (Å²) < 4.78 is 0. The van der Waals surface area contributed by atoms with Gasteiger partial charge < -0.3 is 9.88 Å². The molecule has 1 amide bonds. The van der Waals surface area contributed by atoms with Crippen molar-refractivity contribution < 1.29 is 4.79 Å². The number of carbonyl (C=O) groups is 1. The zero-order chi connectivity index (χ0) is 22.1. The van der Waals surface area contributed by atoms with E-state index in [1.165, 1.54) is 16.0 Å². The van der Waals surface area contributed by atoms with Gasteiger partial charge in [-0.3, -0.25) is 14.5 Å². The van der Waals surface area contributed by atoms with Crippen molar-refractivity contribution in [2.75, 3.05) is 26.2 Å². The van der Waals surface area contributed by atoms with E-state index in [9.17, 15) is 9.59 Å². The van der Waals surface area contributed by atoms with Crippen LogP contribution in [-0.4, -0.2) is 51.9 Å². The number of hydrogen-bond donors (Lipinski definition) is 1. The van der Waals surface area contributed by atoms with Crippen LogP contribution in [0, 0.1) is 5.92 Å². The fourth-order valence-corrected chi connectivity index (χ4v) is 6.29. The molecule has 1 atom stereocenters. The lowest BCUT2D eigenvalue weighted by Crippen LogP contribution is -2.48. The molecule has 1 fully saturated rings. The number of aryl methyl sites for hydroxylation is 2. The SMILES string of the molecule is C[C@@H]1CCc2c(sc3nc(CCC(=O)N4CCN(Cc5ccccc5)CC4)[nH]c(=O)c23)C1. The van der Waals surface area contributed by atoms with Gasteiger partial charge >= 0.3 is 0 Å². The Morgan fingerprint density at radius 3 is 2.75 bits per heavy atom. The molecule has 168 valence electrons. The molecule has 0 spiro atoms. The van der Waals surface area contributed by atoms with Gasteiger partial charge in [0.25, 0.3) is 5.56 Å². The van der Waals surface area contributed by atoms with Crippen molar-refractivity contribution in [1.29, 1.82) is 0 Å². The molecule has 1 aliphatic carbocycles. The Kier molecular flexibility index (Phi) is 6.11. The predicted octanol–water partition coefficient (Wildman–Crippen LogP) is 3.39. The molecule has 0 saturated carbocycles. The second-order valence-electron chi connectivity index (χ2n) is 9.19. The number of aromatic nitrogens is 2. The monoisotopic (exact) mass is 450 g/mol. The summed E-state index contributed by atoms with van der Waals surface area (Å²) in [5, 5.41) is 0.779. The van der Waals surface area contributed by atoms with Crippen molar-refractivity contribution in [3.05, 3.63) is 62.5 Å². The maximum atomic E-state index is 12.8. The molecule has 3 aromatic rings. The average Bonchev–Trinajstić information content (AvgIpc) is 3.16. The van der Waals surface area contributed by atoms with Crippen LogP contribution in [0.1, 0.15) is 41.6 Å². The maximum Gasteiger partial charge on any atom is 0.259 e. The molecule has 5 rings (SSSR count). The van der Waals surface area contributed by atoms with Crippen molar-refractivity contribution in [3.8, 4) is 0 Å². The van der Waals surface area contributed by atoms with Crippen molar-refractivity contribution in [1.82, 2.24) is 19.8 Å². The molecule has 1 saturated heterocycles. The molecule has 3 heterocycles. The molecule has 1 aliphatic heterocycles. The lowest BCUT2D eigenvalue weighted by atomic mass is 9.89. The van der Waals surface area contributed by atoms with Crippen LogP contribution in [0.3, 0.4) is 0 Å². The Balaban J connectivity index is 1.18. The molecule has 2 aliphatic rings. The minimum Gasteiger partial charge on any atom is -0.340 e. The summed E-state index contributed by atoms with van der Waals surface area (Å²) in [4.78, 5) is 39.7. The number of aromatic amines is 1. The van der Waals surface area contributed by atoms with E-state index in [-0.39, 0.29) is 11.5 Å². The summed E-state index contributed by atoms with van der Waals surface area (Å²) in [5.41, 5.74) is 2.47. The molecule has 1 N–H and O–H groups in total. The number of nitrogens with one attached hydrogen (secondary N) is 1. The highest BCUT2D eigenvalue weighted by molar-refractivity contribution is 7.18. The predicted molar refractivity (Wildman–Crippen MR) is 128 cm³/mol. The van der Waals surface area contributed by atoms with Gasteiger partial charge in [0.1, 0.15) is 10.7 Å². The molecule has 2 aromatic heterocycles. The van der Waals surface area contributed by atoms with Gasteiger partial charge in [0.15, 0.2) is 0 Å². The minimum absolute atomic E-state index is 0.0426. The summed E-state index contributed by atoms with van der Waals surface area (Å²) in [7, 11) is 0. The second kappa shape index (κ2) is 9.16. The van der Waals surface area contributed by atoms with Crippen LogP contribution >= 0.6 is 11.3 Å². The first-order chi connectivity index (χ1) is 15.6. The first-order valence-corrected chi connectivity index (χ1v) is 12.5. The second-order valence-corrected chi connectivity index (χ2v) is 10.3. The smallest absolute Gasteiger partial charge is 0.259 e. The van der Waals surface area contributed by atoms with E-state index in [2.05, 4.69) is 41.1 Å². The number of H-pyrrole nitrogens is 1. The summed E-state index contributed by atoms with van der Waals surface area (Å²) >= 11 is 1.66. The van der Waals surface area contributed by atoms with Crippen LogP contribution in [0.25, 0.3) is 10.2 Å². The summed E-state index contributed by atoms with van der Waals surface area (Å²) in [6, 6.07) is 10.5. The molecule has 6 nitrogen and oxygen atoms in total. The van der Waals surface area contributed by atoms with Gasteiger partial charge in [-0.15, -0.1) is 11.3 Å². The van der Waals surface area contributed by atoms with Crippen molar-refractivity contribution >= 4 is 27.5 Å². The van der Waals surface area contributed by atoms with Crippen LogP contribution < -0.4 is 5.56 Å². The Morgan fingerprint density at radius 1 is 1.19 bits per heavy atom. The number of benzene rings is 1. The van der Waals surface area contributed by atoms with Crippen molar-refractivity contribution in [3.63, 3.8) is 0 Å². The van der Waals surface area contributed by atoms with Crippen molar-refractivity contribution in [2.24, 2.45) is 5.92 Å². The fourth-order valence-electron chi connectivity index (χ4n) is 4.89. The average molecular weight is 451 g/mol. The van der Waals surface area contributed by atoms with Gasteiger partial charge in [-0.1, -0.05) is 37.3 Å². The van der Waals surface area contributed by atoms with Gasteiger partial charge in [0.05, 0.1) is 5.39 Å². The third kappa shape index (κ3) is 4.50. The highest BCUT2D eigenvalue weighted by Gasteiger charge is 2.24. The van der Waals surface area contributed by atoms with Gasteiger partial charge in [0.2, 0.25) is 5.91 Å². The Bertz CT molecular complexity index is 1160. The van der Waals surface area contributed by atoms with Crippen LogP contribution in [0.5, 0.6) is 0 Å². The minimum atomic E-state index is -0.0426. The number of carbonyl (C=O) groups excluding carboxylic acids is 1. The fraction of sp³-hybridized carbons (Fsp3) is 0.480. The standard InChI is InChI=1S/C25H30N4O2S/c1-17-7-8-19-20(15-17)32-25-23(19)24(31)26-21(27-25)9-10-22(30)29-13-11-28(12-14-29)16-18-5-3-2-4-6-18/h2-6,17H,7-16H2,1H3,(H,26,27,31)/t17-/m1/s1. The number of hydrogen-bond acceptors (Lipinski definition) is 5. The molecule has 7 heteroatoms. The molecule has 1 aromatic carbocycles. The van der Waals surface area contributed by atoms with E-state index in [4.69, 9.17) is 4.98 Å². The van der Waals surface area contributed by atoms with Gasteiger partial charge in [-0.25, -0.2) is 4.98 Å². The Morgan fingerprint density at radius 2 is 1.97 bits per heavy atom. The summed E-state index contributed by atoms with van der Waals surface area (Å²) in [6.07, 6.45) is 4.00. The van der Waals surface area contributed by atoms with Crippen LogP contribution in [-0.2, 0) is 30.6 Å². The summed E-state index contributed by atoms with van der Waals surface area (Å²) in [5.74, 6) is 1.44. The van der Waals surface area contributed by atoms with E-state index in [0.717, 1.165) is 62.2 Å². The van der Waals surface area contributed by atoms with E-state index in [1.54, 1.807) is 11.3 Å².